The Morgan fingerprint density at radius 3 is 2.25 bits per heavy atom. The Hall–Kier alpha value is -3.90. The number of carbonyl (C=O) groups excluding carboxylic acids is 2. The van der Waals surface area contributed by atoms with Crippen LogP contribution in [0.1, 0.15) is 29.5 Å². The van der Waals surface area contributed by atoms with Crippen molar-refractivity contribution in [2.75, 3.05) is 25.0 Å². The molecule has 0 radical (unpaired) electrons. The molecule has 18 heteroatoms. The number of alkyl halides is 5. The molecular weight excluding hydrogens is 635 g/mol. The number of urea groups is 1. The molecule has 1 atom stereocenters. The molecule has 1 aliphatic rings. The van der Waals surface area contributed by atoms with Crippen LogP contribution in [0.3, 0.4) is 0 Å². The Labute approximate surface area is 253 Å². The van der Waals surface area contributed by atoms with Gasteiger partial charge in [0.1, 0.15) is 16.8 Å². The minimum atomic E-state index is -4.98. The Morgan fingerprint density at radius 2 is 1.68 bits per heavy atom. The van der Waals surface area contributed by atoms with Crippen molar-refractivity contribution in [3.63, 3.8) is 0 Å². The number of nitrogens with zero attached hydrogens (tertiary/aromatic N) is 4. The Balaban J connectivity index is 1.54. The molecule has 44 heavy (non-hydrogen) atoms. The van der Waals surface area contributed by atoms with E-state index in [4.69, 9.17) is 0 Å². The third kappa shape index (κ3) is 7.97. The summed E-state index contributed by atoms with van der Waals surface area (Å²) in [5.74, 6) is -4.45. The molecule has 4 rings (SSSR count). The molecule has 0 spiro atoms. The van der Waals surface area contributed by atoms with Gasteiger partial charge in [0.2, 0.25) is 21.1 Å². The number of carbonyl (C=O) groups is 2. The molecule has 11 nitrogen and oxygen atoms in total. The Morgan fingerprint density at radius 1 is 1.02 bits per heavy atom. The molecule has 0 unspecified atom stereocenters. The van der Waals surface area contributed by atoms with Crippen LogP contribution in [0.25, 0.3) is 0 Å². The molecule has 0 saturated carbocycles. The maximum absolute atomic E-state index is 14.0. The summed E-state index contributed by atoms with van der Waals surface area (Å²) in [4.78, 5) is 27.2. The van der Waals surface area contributed by atoms with Crippen molar-refractivity contribution in [2.45, 2.75) is 50.0 Å². The van der Waals surface area contributed by atoms with Gasteiger partial charge in [-0.25, -0.2) is 22.0 Å². The predicted molar refractivity (Wildman–Crippen MR) is 149 cm³/mol. The number of aromatic nitrogens is 2. The van der Waals surface area contributed by atoms with Gasteiger partial charge in [-0.3, -0.25) is 10.1 Å². The molecule has 1 saturated heterocycles. The summed E-state index contributed by atoms with van der Waals surface area (Å²) < 4.78 is 97.4. The summed E-state index contributed by atoms with van der Waals surface area (Å²) in [7, 11) is -4.46. The first-order valence-corrected chi connectivity index (χ1v) is 15.3. The Kier molecular flexibility index (Phi) is 9.74. The number of nitrogens with one attached hydrogen (secondary N) is 2. The monoisotopic (exact) mass is 662 g/mol. The van der Waals surface area contributed by atoms with Crippen LogP contribution in [-0.4, -0.2) is 71.8 Å². The van der Waals surface area contributed by atoms with E-state index in [2.05, 4.69) is 25.6 Å². The zero-order valence-corrected chi connectivity index (χ0v) is 24.9. The van der Waals surface area contributed by atoms with E-state index in [-0.39, 0.29) is 36.9 Å². The second-order valence-electron chi connectivity index (χ2n) is 9.63. The van der Waals surface area contributed by atoms with Crippen LogP contribution in [0.5, 0.6) is 5.75 Å². The fraction of sp³-hybridized carbons (Fsp3) is 0.385. The van der Waals surface area contributed by atoms with Crippen molar-refractivity contribution in [2.24, 2.45) is 0 Å². The molecule has 2 heterocycles. The van der Waals surface area contributed by atoms with Gasteiger partial charge in [0.15, 0.2) is 0 Å². The highest BCUT2D eigenvalue weighted by Gasteiger charge is 2.42. The highest BCUT2D eigenvalue weighted by molar-refractivity contribution is 7.89. The first-order valence-electron chi connectivity index (χ1n) is 13.1. The van der Waals surface area contributed by atoms with E-state index in [0.717, 1.165) is 39.9 Å². The van der Waals surface area contributed by atoms with E-state index in [0.29, 0.717) is 10.6 Å². The molecule has 1 aliphatic heterocycles. The zero-order chi connectivity index (χ0) is 32.3. The summed E-state index contributed by atoms with van der Waals surface area (Å²) in [6.07, 6.45) is -5.37. The number of anilines is 1. The summed E-state index contributed by atoms with van der Waals surface area (Å²) in [5.41, 5.74) is 0.263. The van der Waals surface area contributed by atoms with Crippen LogP contribution in [0, 0.1) is 6.92 Å². The number of sulfonamides is 1. The number of piperazine rings is 1. The van der Waals surface area contributed by atoms with Crippen molar-refractivity contribution in [3.05, 3.63) is 64.7 Å². The van der Waals surface area contributed by atoms with Crippen molar-refractivity contribution < 1.29 is 44.7 Å². The van der Waals surface area contributed by atoms with Crippen LogP contribution in [0.4, 0.5) is 31.9 Å². The van der Waals surface area contributed by atoms with Gasteiger partial charge < -0.3 is 15.0 Å². The fourth-order valence-electron chi connectivity index (χ4n) is 4.30. The van der Waals surface area contributed by atoms with Gasteiger partial charge in [-0.2, -0.15) is 4.31 Å². The maximum Gasteiger partial charge on any atom is 0.573 e. The lowest BCUT2D eigenvalue weighted by atomic mass is 10.0. The number of benzene rings is 2. The first-order chi connectivity index (χ1) is 20.6. The normalized spacial score (nSPS) is 16.4. The lowest BCUT2D eigenvalue weighted by Crippen LogP contribution is -2.61. The number of halogens is 5. The second-order valence-corrected chi connectivity index (χ2v) is 12.7. The number of aryl methyl sites for hydroxylation is 1. The quantitative estimate of drug-likeness (QED) is 0.323. The van der Waals surface area contributed by atoms with Crippen LogP contribution in [0.2, 0.25) is 0 Å². The second kappa shape index (κ2) is 13.0. The topological polar surface area (TPSA) is 134 Å². The van der Waals surface area contributed by atoms with Gasteiger partial charge >= 0.3 is 12.4 Å². The number of ether oxygens (including phenoxy) is 1. The van der Waals surface area contributed by atoms with Crippen molar-refractivity contribution in [1.29, 1.82) is 0 Å². The molecule has 3 amide bonds. The molecule has 1 fully saturated rings. The summed E-state index contributed by atoms with van der Waals surface area (Å²) in [5, 5.41) is 13.5. The van der Waals surface area contributed by atoms with Gasteiger partial charge in [0.25, 0.3) is 5.92 Å². The molecular formula is C26H27F5N6O5S2. The minimum absolute atomic E-state index is 0.130. The van der Waals surface area contributed by atoms with E-state index in [1.54, 1.807) is 6.92 Å². The van der Waals surface area contributed by atoms with Crippen LogP contribution in [-0.2, 0) is 27.3 Å². The lowest BCUT2D eigenvalue weighted by molar-refractivity contribution is -0.274. The summed E-state index contributed by atoms with van der Waals surface area (Å²) >= 11 is 1.11. The highest BCUT2D eigenvalue weighted by Crippen LogP contribution is 2.31. The van der Waals surface area contributed by atoms with Crippen LogP contribution < -0.4 is 15.4 Å². The number of hydrogen-bond acceptors (Lipinski definition) is 8. The molecule has 3 aromatic rings. The van der Waals surface area contributed by atoms with Gasteiger partial charge in [-0.1, -0.05) is 42.5 Å². The Bertz CT molecular complexity index is 1580. The highest BCUT2D eigenvalue weighted by atomic mass is 32.2. The molecule has 0 aliphatic carbocycles. The smallest absolute Gasteiger partial charge is 0.406 e. The van der Waals surface area contributed by atoms with E-state index in [1.807, 2.05) is 0 Å². The van der Waals surface area contributed by atoms with E-state index in [9.17, 15) is 40.0 Å². The van der Waals surface area contributed by atoms with E-state index >= 15 is 0 Å². The fourth-order valence-corrected chi connectivity index (χ4v) is 6.45. The molecule has 2 N–H and O–H groups in total. The zero-order valence-electron chi connectivity index (χ0n) is 23.3. The molecule has 0 bridgehead atoms. The van der Waals surface area contributed by atoms with Gasteiger partial charge in [0.05, 0.1) is 4.90 Å². The minimum Gasteiger partial charge on any atom is -0.406 e. The summed E-state index contributed by atoms with van der Waals surface area (Å²) in [6.45, 7) is 2.05. The molecule has 2 aromatic carbocycles. The number of rotatable bonds is 9. The first kappa shape index (κ1) is 33.0. The SMILES string of the molecule is CCC(F)(F)c1ccc(CNC(=O)[C@H]2CN(C(=O)Nc3nnc(C)s3)CCN2S(=O)(=O)c2ccc(OC(F)(F)F)cc2)cc1. The molecule has 1 aromatic heterocycles. The predicted octanol–water partition coefficient (Wildman–Crippen LogP) is 4.47. The average molecular weight is 663 g/mol. The van der Waals surface area contributed by atoms with Gasteiger partial charge in [-0.15, -0.1) is 23.4 Å². The molecule has 238 valence electrons. The standard InChI is InChI=1S/C26H27F5N6O5S2/c1-3-25(27,28)18-6-4-17(5-7-18)14-32-22(38)21-15-36(24(39)33-23-35-34-16(2)43-23)12-13-37(21)44(40,41)20-10-8-19(9-11-20)42-26(29,30)31/h4-11,21H,3,12-15H2,1-2H3,(H,32,38)(H,33,35,39)/t21-/m1/s1. The van der Waals surface area contributed by atoms with Gasteiger partial charge in [-0.05, 0) is 36.8 Å². The maximum atomic E-state index is 14.0. The van der Waals surface area contributed by atoms with E-state index < -0.39 is 57.4 Å². The lowest BCUT2D eigenvalue weighted by Gasteiger charge is -2.39. The van der Waals surface area contributed by atoms with Crippen molar-refractivity contribution >= 4 is 38.4 Å². The number of amides is 3. The third-order valence-corrected chi connectivity index (χ3v) is 9.29. The average Bonchev–Trinajstić information content (AvgIpc) is 3.39. The van der Waals surface area contributed by atoms with Crippen molar-refractivity contribution in [3.8, 4) is 5.75 Å². The third-order valence-electron chi connectivity index (χ3n) is 6.61. The number of hydrogen-bond donors (Lipinski definition) is 2. The van der Waals surface area contributed by atoms with Gasteiger partial charge in [0, 0.05) is 38.2 Å². The largest absolute Gasteiger partial charge is 0.573 e. The van der Waals surface area contributed by atoms with Crippen molar-refractivity contribution in [1.82, 2.24) is 24.7 Å². The summed E-state index contributed by atoms with van der Waals surface area (Å²) in [6, 6.07) is 6.65. The van der Waals surface area contributed by atoms with Crippen LogP contribution in [0.15, 0.2) is 53.4 Å². The van der Waals surface area contributed by atoms with E-state index in [1.165, 1.54) is 36.1 Å². The van der Waals surface area contributed by atoms with Crippen LogP contribution >= 0.6 is 11.3 Å².